The Bertz CT molecular complexity index is 421. The Hall–Kier alpha value is -1.69. The fourth-order valence-corrected chi connectivity index (χ4v) is 1.59. The van der Waals surface area contributed by atoms with E-state index in [0.717, 1.165) is 0 Å². The number of nitrogens with two attached hydrogens (primary N) is 1. The van der Waals surface area contributed by atoms with Crippen LogP contribution in [0.15, 0.2) is 6.20 Å². The third-order valence-electron chi connectivity index (χ3n) is 2.45. The topological polar surface area (TPSA) is 87.3 Å². The van der Waals surface area contributed by atoms with Crippen LogP contribution < -0.4 is 5.73 Å². The Kier molecular flexibility index (Phi) is 5.03. The van der Waals surface area contributed by atoms with Crippen LogP contribution in [-0.4, -0.2) is 29.7 Å². The lowest BCUT2D eigenvalue weighted by Crippen LogP contribution is -2.16. The van der Waals surface area contributed by atoms with E-state index in [1.807, 2.05) is 13.8 Å². The maximum atomic E-state index is 11.5. The first-order chi connectivity index (χ1) is 8.51. The number of ether oxygens (including phenoxy) is 2. The number of nitrogen functional groups attached to an aromatic ring is 1. The SMILES string of the molecule is CCOC(=O)c1cnc(C(OC)C(C)C)nc1N. The molecule has 0 aromatic carbocycles. The Morgan fingerprint density at radius 3 is 2.61 bits per heavy atom. The number of nitrogens with zero attached hydrogens (tertiary/aromatic N) is 2. The smallest absolute Gasteiger partial charge is 0.343 e. The fourth-order valence-electron chi connectivity index (χ4n) is 1.59. The zero-order valence-electron chi connectivity index (χ0n) is 11.1. The number of aromatic nitrogens is 2. The lowest BCUT2D eigenvalue weighted by atomic mass is 10.1. The van der Waals surface area contributed by atoms with Crippen LogP contribution in [0.5, 0.6) is 0 Å². The molecule has 1 unspecified atom stereocenters. The van der Waals surface area contributed by atoms with Gasteiger partial charge in [0, 0.05) is 13.3 Å². The average Bonchev–Trinajstić information content (AvgIpc) is 2.29. The molecule has 0 bridgehead atoms. The Morgan fingerprint density at radius 2 is 2.17 bits per heavy atom. The van der Waals surface area contributed by atoms with E-state index in [4.69, 9.17) is 15.2 Å². The molecule has 6 heteroatoms. The van der Waals surface area contributed by atoms with E-state index >= 15 is 0 Å². The van der Waals surface area contributed by atoms with Gasteiger partial charge >= 0.3 is 5.97 Å². The molecule has 100 valence electrons. The van der Waals surface area contributed by atoms with Crippen molar-refractivity contribution in [2.75, 3.05) is 19.5 Å². The van der Waals surface area contributed by atoms with E-state index in [9.17, 15) is 4.79 Å². The minimum Gasteiger partial charge on any atom is -0.462 e. The second-order valence-corrected chi connectivity index (χ2v) is 4.15. The molecule has 0 fully saturated rings. The predicted molar refractivity (Wildman–Crippen MR) is 67.0 cm³/mol. The van der Waals surface area contributed by atoms with Crippen LogP contribution in [0.1, 0.15) is 43.1 Å². The van der Waals surface area contributed by atoms with Gasteiger partial charge in [0.2, 0.25) is 0 Å². The Balaban J connectivity index is 3.01. The molecule has 0 aliphatic rings. The highest BCUT2D eigenvalue weighted by Crippen LogP contribution is 2.23. The zero-order valence-corrected chi connectivity index (χ0v) is 11.1. The maximum absolute atomic E-state index is 11.5. The van der Waals surface area contributed by atoms with Crippen molar-refractivity contribution in [3.8, 4) is 0 Å². The third kappa shape index (κ3) is 3.16. The van der Waals surface area contributed by atoms with Gasteiger partial charge in [-0.15, -0.1) is 0 Å². The largest absolute Gasteiger partial charge is 0.462 e. The summed E-state index contributed by atoms with van der Waals surface area (Å²) in [5.41, 5.74) is 5.92. The Labute approximate surface area is 107 Å². The van der Waals surface area contributed by atoms with Crippen LogP contribution in [-0.2, 0) is 9.47 Å². The van der Waals surface area contributed by atoms with Crippen molar-refractivity contribution in [1.29, 1.82) is 0 Å². The number of carbonyl (C=O) groups is 1. The van der Waals surface area contributed by atoms with Crippen LogP contribution in [0.2, 0.25) is 0 Å². The number of anilines is 1. The van der Waals surface area contributed by atoms with Gasteiger partial charge in [-0.1, -0.05) is 13.8 Å². The molecule has 0 aliphatic heterocycles. The van der Waals surface area contributed by atoms with Crippen molar-refractivity contribution in [3.63, 3.8) is 0 Å². The first kappa shape index (κ1) is 14.4. The van der Waals surface area contributed by atoms with Crippen molar-refractivity contribution in [2.45, 2.75) is 26.9 Å². The van der Waals surface area contributed by atoms with Gasteiger partial charge in [0.15, 0.2) is 5.82 Å². The van der Waals surface area contributed by atoms with Crippen molar-refractivity contribution in [1.82, 2.24) is 9.97 Å². The molecule has 0 saturated heterocycles. The van der Waals surface area contributed by atoms with E-state index < -0.39 is 5.97 Å². The van der Waals surface area contributed by atoms with Crippen LogP contribution in [0.25, 0.3) is 0 Å². The number of hydrogen-bond donors (Lipinski definition) is 1. The summed E-state index contributed by atoms with van der Waals surface area (Å²) in [6.07, 6.45) is 1.13. The number of rotatable bonds is 5. The van der Waals surface area contributed by atoms with Crippen molar-refractivity contribution < 1.29 is 14.3 Å². The summed E-state index contributed by atoms with van der Waals surface area (Å²) in [7, 11) is 1.59. The molecule has 0 saturated carbocycles. The molecule has 6 nitrogen and oxygen atoms in total. The molecule has 1 aromatic heterocycles. The molecular weight excluding hydrogens is 234 g/mol. The summed E-state index contributed by atoms with van der Waals surface area (Å²) >= 11 is 0. The average molecular weight is 253 g/mol. The first-order valence-electron chi connectivity index (χ1n) is 5.83. The molecule has 0 aliphatic carbocycles. The van der Waals surface area contributed by atoms with Gasteiger partial charge in [-0.2, -0.15) is 0 Å². The van der Waals surface area contributed by atoms with E-state index in [2.05, 4.69) is 9.97 Å². The highest BCUT2D eigenvalue weighted by molar-refractivity contribution is 5.93. The normalized spacial score (nSPS) is 12.5. The van der Waals surface area contributed by atoms with Gasteiger partial charge in [-0.05, 0) is 12.8 Å². The minimum absolute atomic E-state index is 0.112. The number of esters is 1. The summed E-state index contributed by atoms with van der Waals surface area (Å²) in [5.74, 6) is 0.280. The molecule has 1 rings (SSSR count). The molecule has 0 radical (unpaired) electrons. The zero-order chi connectivity index (χ0) is 13.7. The molecule has 1 heterocycles. The van der Waals surface area contributed by atoms with Gasteiger partial charge in [0.25, 0.3) is 0 Å². The van der Waals surface area contributed by atoms with Gasteiger partial charge in [-0.25, -0.2) is 14.8 Å². The quantitative estimate of drug-likeness (QED) is 0.801. The lowest BCUT2D eigenvalue weighted by molar-refractivity contribution is 0.0519. The highest BCUT2D eigenvalue weighted by atomic mass is 16.5. The van der Waals surface area contributed by atoms with Gasteiger partial charge in [-0.3, -0.25) is 0 Å². The second kappa shape index (κ2) is 6.30. The van der Waals surface area contributed by atoms with Crippen molar-refractivity contribution in [2.24, 2.45) is 5.92 Å². The fraction of sp³-hybridized carbons (Fsp3) is 0.583. The summed E-state index contributed by atoms with van der Waals surface area (Å²) in [6, 6.07) is 0. The van der Waals surface area contributed by atoms with E-state index in [-0.39, 0.29) is 30.0 Å². The molecular formula is C12H19N3O3. The van der Waals surface area contributed by atoms with Gasteiger partial charge in [0.05, 0.1) is 6.61 Å². The summed E-state index contributed by atoms with van der Waals surface area (Å²) < 4.78 is 10.2. The van der Waals surface area contributed by atoms with Crippen LogP contribution in [0.4, 0.5) is 5.82 Å². The van der Waals surface area contributed by atoms with Crippen LogP contribution >= 0.6 is 0 Å². The first-order valence-corrected chi connectivity index (χ1v) is 5.83. The summed E-state index contributed by atoms with van der Waals surface area (Å²) in [5, 5.41) is 0. The van der Waals surface area contributed by atoms with Crippen LogP contribution in [0.3, 0.4) is 0 Å². The lowest BCUT2D eigenvalue weighted by Gasteiger charge is -2.18. The monoisotopic (exact) mass is 253 g/mol. The van der Waals surface area contributed by atoms with Crippen LogP contribution in [0, 0.1) is 5.92 Å². The molecule has 1 atom stereocenters. The third-order valence-corrected chi connectivity index (χ3v) is 2.45. The molecule has 0 spiro atoms. The highest BCUT2D eigenvalue weighted by Gasteiger charge is 2.21. The summed E-state index contributed by atoms with van der Waals surface area (Å²) in [4.78, 5) is 19.8. The Morgan fingerprint density at radius 1 is 1.50 bits per heavy atom. The number of methoxy groups -OCH3 is 1. The van der Waals surface area contributed by atoms with E-state index in [0.29, 0.717) is 5.82 Å². The molecule has 18 heavy (non-hydrogen) atoms. The van der Waals surface area contributed by atoms with Crippen molar-refractivity contribution in [3.05, 3.63) is 17.6 Å². The number of hydrogen-bond acceptors (Lipinski definition) is 6. The van der Waals surface area contributed by atoms with Gasteiger partial charge in [0.1, 0.15) is 17.5 Å². The van der Waals surface area contributed by atoms with Crippen molar-refractivity contribution >= 4 is 11.8 Å². The van der Waals surface area contributed by atoms with E-state index in [1.54, 1.807) is 14.0 Å². The second-order valence-electron chi connectivity index (χ2n) is 4.15. The van der Waals surface area contributed by atoms with E-state index in [1.165, 1.54) is 6.20 Å². The molecule has 1 aromatic rings. The molecule has 2 N–H and O–H groups in total. The summed E-state index contributed by atoms with van der Waals surface area (Å²) in [6.45, 7) is 6.00. The number of carbonyl (C=O) groups excluding carboxylic acids is 1. The predicted octanol–water partition coefficient (Wildman–Crippen LogP) is 1.58. The minimum atomic E-state index is -0.514. The van der Waals surface area contributed by atoms with Gasteiger partial charge < -0.3 is 15.2 Å². The molecule has 0 amide bonds. The maximum Gasteiger partial charge on any atom is 0.343 e. The standard InChI is InChI=1S/C12H19N3O3/c1-5-18-12(16)8-6-14-11(15-10(8)13)9(17-4)7(2)3/h6-7,9H,5H2,1-4H3,(H2,13,14,15).